The smallest absolute Gasteiger partial charge is 0.256 e. The highest BCUT2D eigenvalue weighted by Crippen LogP contribution is 2.21. The molecular formula is C12H16N2O3. The molecule has 1 amide bonds. The molecule has 1 unspecified atom stereocenters. The minimum absolute atomic E-state index is 0.0335. The third kappa shape index (κ3) is 2.50. The van der Waals surface area contributed by atoms with Crippen molar-refractivity contribution in [2.24, 2.45) is 0 Å². The molecule has 1 heterocycles. The standard InChI is InChI=1S/C12H16N2O3/c1-8-7-14(4-5-17-8)12(16)10-6-9(15)2-3-11(10)13/h2-3,6,8,15H,4-5,7,13H2,1H3. The van der Waals surface area contributed by atoms with Crippen LogP contribution in [0.5, 0.6) is 5.75 Å². The number of hydrogen-bond donors (Lipinski definition) is 2. The van der Waals surface area contributed by atoms with E-state index in [1.807, 2.05) is 6.92 Å². The number of nitrogens with zero attached hydrogens (tertiary/aromatic N) is 1. The Bertz CT molecular complexity index is 434. The van der Waals surface area contributed by atoms with Crippen molar-refractivity contribution < 1.29 is 14.6 Å². The van der Waals surface area contributed by atoms with Gasteiger partial charge in [-0.3, -0.25) is 4.79 Å². The van der Waals surface area contributed by atoms with E-state index in [4.69, 9.17) is 10.5 Å². The van der Waals surface area contributed by atoms with E-state index in [-0.39, 0.29) is 17.8 Å². The Balaban J connectivity index is 2.21. The van der Waals surface area contributed by atoms with Crippen LogP contribution >= 0.6 is 0 Å². The first-order valence-corrected chi connectivity index (χ1v) is 5.57. The highest BCUT2D eigenvalue weighted by atomic mass is 16.5. The molecule has 0 bridgehead atoms. The van der Waals surface area contributed by atoms with E-state index in [2.05, 4.69) is 0 Å². The minimum atomic E-state index is -0.159. The highest BCUT2D eigenvalue weighted by molar-refractivity contribution is 5.99. The number of carbonyl (C=O) groups is 1. The van der Waals surface area contributed by atoms with Crippen LogP contribution in [0.15, 0.2) is 18.2 Å². The molecule has 92 valence electrons. The molecule has 0 saturated carbocycles. The Labute approximate surface area is 99.8 Å². The molecule has 1 aromatic carbocycles. The van der Waals surface area contributed by atoms with Crippen molar-refractivity contribution in [1.82, 2.24) is 4.90 Å². The van der Waals surface area contributed by atoms with Crippen molar-refractivity contribution in [3.05, 3.63) is 23.8 Å². The van der Waals surface area contributed by atoms with Crippen LogP contribution in [0.25, 0.3) is 0 Å². The van der Waals surface area contributed by atoms with Crippen LogP contribution in [0, 0.1) is 0 Å². The molecule has 0 aromatic heterocycles. The molecule has 2 rings (SSSR count). The van der Waals surface area contributed by atoms with Crippen LogP contribution in [-0.2, 0) is 4.74 Å². The molecule has 17 heavy (non-hydrogen) atoms. The summed E-state index contributed by atoms with van der Waals surface area (Å²) in [6, 6.07) is 4.40. The number of benzene rings is 1. The number of nitrogens with two attached hydrogens (primary N) is 1. The number of rotatable bonds is 1. The van der Waals surface area contributed by atoms with Gasteiger partial charge in [0, 0.05) is 18.8 Å². The Hall–Kier alpha value is -1.75. The summed E-state index contributed by atoms with van der Waals surface area (Å²) in [5.74, 6) is -0.114. The molecule has 5 heteroatoms. The van der Waals surface area contributed by atoms with Gasteiger partial charge in [-0.05, 0) is 25.1 Å². The summed E-state index contributed by atoms with van der Waals surface area (Å²) >= 11 is 0. The lowest BCUT2D eigenvalue weighted by Gasteiger charge is -2.31. The fraction of sp³-hybridized carbons (Fsp3) is 0.417. The van der Waals surface area contributed by atoms with Crippen LogP contribution in [0.4, 0.5) is 5.69 Å². The average Bonchev–Trinajstić information content (AvgIpc) is 2.31. The molecule has 1 aliphatic heterocycles. The second kappa shape index (κ2) is 4.63. The number of ether oxygens (including phenoxy) is 1. The van der Waals surface area contributed by atoms with Crippen LogP contribution in [0.1, 0.15) is 17.3 Å². The Morgan fingerprint density at radius 2 is 2.35 bits per heavy atom. The van der Waals surface area contributed by atoms with Gasteiger partial charge in [0.25, 0.3) is 5.91 Å². The molecule has 1 saturated heterocycles. The molecule has 0 aliphatic carbocycles. The Morgan fingerprint density at radius 3 is 3.06 bits per heavy atom. The Morgan fingerprint density at radius 1 is 1.59 bits per heavy atom. The molecule has 1 fully saturated rings. The van der Waals surface area contributed by atoms with Crippen LogP contribution < -0.4 is 5.73 Å². The van der Waals surface area contributed by atoms with Gasteiger partial charge in [-0.1, -0.05) is 0 Å². The van der Waals surface area contributed by atoms with Crippen LogP contribution in [0.3, 0.4) is 0 Å². The number of morpholine rings is 1. The van der Waals surface area contributed by atoms with Crippen molar-refractivity contribution in [2.45, 2.75) is 13.0 Å². The summed E-state index contributed by atoms with van der Waals surface area (Å²) < 4.78 is 5.37. The summed E-state index contributed by atoms with van der Waals surface area (Å²) in [4.78, 5) is 13.9. The van der Waals surface area contributed by atoms with Gasteiger partial charge in [0.2, 0.25) is 0 Å². The zero-order valence-electron chi connectivity index (χ0n) is 9.72. The number of aromatic hydroxyl groups is 1. The van der Waals surface area contributed by atoms with Gasteiger partial charge >= 0.3 is 0 Å². The third-order valence-corrected chi connectivity index (χ3v) is 2.80. The number of anilines is 1. The van der Waals surface area contributed by atoms with E-state index in [1.165, 1.54) is 18.2 Å². The second-order valence-electron chi connectivity index (χ2n) is 4.20. The van der Waals surface area contributed by atoms with E-state index < -0.39 is 0 Å². The predicted octanol–water partition coefficient (Wildman–Crippen LogP) is 0.835. The van der Waals surface area contributed by atoms with E-state index >= 15 is 0 Å². The topological polar surface area (TPSA) is 75.8 Å². The highest BCUT2D eigenvalue weighted by Gasteiger charge is 2.23. The fourth-order valence-electron chi connectivity index (χ4n) is 1.90. The van der Waals surface area contributed by atoms with Crippen molar-refractivity contribution in [3.8, 4) is 5.75 Å². The number of carbonyl (C=O) groups excluding carboxylic acids is 1. The number of phenolic OH excluding ortho intramolecular Hbond substituents is 1. The number of phenols is 1. The number of nitrogen functional groups attached to an aromatic ring is 1. The van der Waals surface area contributed by atoms with Gasteiger partial charge in [0.15, 0.2) is 0 Å². The van der Waals surface area contributed by atoms with E-state index in [9.17, 15) is 9.90 Å². The minimum Gasteiger partial charge on any atom is -0.508 e. The average molecular weight is 236 g/mol. The van der Waals surface area contributed by atoms with Crippen molar-refractivity contribution >= 4 is 11.6 Å². The lowest BCUT2D eigenvalue weighted by Crippen LogP contribution is -2.44. The summed E-state index contributed by atoms with van der Waals surface area (Å²) in [5.41, 5.74) is 6.47. The summed E-state index contributed by atoms with van der Waals surface area (Å²) in [6.07, 6.45) is 0.0335. The molecular weight excluding hydrogens is 220 g/mol. The van der Waals surface area contributed by atoms with E-state index in [0.29, 0.717) is 30.9 Å². The van der Waals surface area contributed by atoms with Gasteiger partial charge in [0.05, 0.1) is 18.3 Å². The number of amides is 1. The SMILES string of the molecule is CC1CN(C(=O)c2cc(O)ccc2N)CCO1. The van der Waals surface area contributed by atoms with E-state index in [1.54, 1.807) is 4.90 Å². The lowest BCUT2D eigenvalue weighted by atomic mass is 10.1. The molecule has 3 N–H and O–H groups in total. The predicted molar refractivity (Wildman–Crippen MR) is 63.8 cm³/mol. The van der Waals surface area contributed by atoms with Gasteiger partial charge in [0.1, 0.15) is 5.75 Å². The summed E-state index contributed by atoms with van der Waals surface area (Å²) in [5, 5.41) is 9.39. The maximum absolute atomic E-state index is 12.2. The molecule has 5 nitrogen and oxygen atoms in total. The first-order valence-electron chi connectivity index (χ1n) is 5.57. The maximum atomic E-state index is 12.2. The zero-order valence-corrected chi connectivity index (χ0v) is 9.72. The van der Waals surface area contributed by atoms with Gasteiger partial charge < -0.3 is 20.5 Å². The van der Waals surface area contributed by atoms with Crippen molar-refractivity contribution in [3.63, 3.8) is 0 Å². The fourth-order valence-corrected chi connectivity index (χ4v) is 1.90. The number of hydrogen-bond acceptors (Lipinski definition) is 4. The molecule has 1 aromatic rings. The molecule has 0 radical (unpaired) electrons. The van der Waals surface area contributed by atoms with Crippen LogP contribution in [0.2, 0.25) is 0 Å². The van der Waals surface area contributed by atoms with Crippen molar-refractivity contribution in [2.75, 3.05) is 25.4 Å². The van der Waals surface area contributed by atoms with Crippen molar-refractivity contribution in [1.29, 1.82) is 0 Å². The third-order valence-electron chi connectivity index (χ3n) is 2.80. The monoisotopic (exact) mass is 236 g/mol. The quantitative estimate of drug-likeness (QED) is 0.559. The second-order valence-corrected chi connectivity index (χ2v) is 4.20. The summed E-state index contributed by atoms with van der Waals surface area (Å²) in [6.45, 7) is 3.56. The first-order chi connectivity index (χ1) is 8.08. The lowest BCUT2D eigenvalue weighted by molar-refractivity contribution is -0.0123. The Kier molecular flexibility index (Phi) is 3.19. The summed E-state index contributed by atoms with van der Waals surface area (Å²) in [7, 11) is 0. The van der Waals surface area contributed by atoms with Gasteiger partial charge in [-0.2, -0.15) is 0 Å². The largest absolute Gasteiger partial charge is 0.508 e. The normalized spacial score (nSPS) is 20.3. The maximum Gasteiger partial charge on any atom is 0.256 e. The molecule has 1 aliphatic rings. The zero-order chi connectivity index (χ0) is 12.4. The van der Waals surface area contributed by atoms with E-state index in [0.717, 1.165) is 0 Å². The van der Waals surface area contributed by atoms with Gasteiger partial charge in [-0.15, -0.1) is 0 Å². The van der Waals surface area contributed by atoms with Crippen LogP contribution in [-0.4, -0.2) is 41.7 Å². The molecule has 0 spiro atoms. The molecule has 1 atom stereocenters. The van der Waals surface area contributed by atoms with Gasteiger partial charge in [-0.25, -0.2) is 0 Å². The first kappa shape index (κ1) is 11.7.